The third-order valence-electron chi connectivity index (χ3n) is 5.96. The van der Waals surface area contributed by atoms with Gasteiger partial charge >= 0.3 is 0 Å². The van der Waals surface area contributed by atoms with Crippen LogP contribution in [-0.2, 0) is 74.9 Å². The van der Waals surface area contributed by atoms with Crippen molar-refractivity contribution < 1.29 is 83.7 Å². The number of halogens is 2. The molecule has 0 bridgehead atoms. The molecule has 2 radical (unpaired) electrons. The summed E-state index contributed by atoms with van der Waals surface area (Å²) < 4.78 is 32.7. The molecule has 8 heteroatoms. The topological polar surface area (TPSA) is 41.6 Å². The second-order valence-corrected chi connectivity index (χ2v) is 8.50. The molecule has 3 aromatic carbocycles. The van der Waals surface area contributed by atoms with Crippen molar-refractivity contribution in [2.45, 2.75) is 37.8 Å². The van der Waals surface area contributed by atoms with Gasteiger partial charge in [0.05, 0.1) is 0 Å². The van der Waals surface area contributed by atoms with Crippen molar-refractivity contribution in [3.8, 4) is 0 Å². The van der Waals surface area contributed by atoms with E-state index in [2.05, 4.69) is 16.3 Å². The Hall–Kier alpha value is -0.882. The molecule has 0 aromatic heterocycles. The van der Waals surface area contributed by atoms with Gasteiger partial charge in [-0.25, -0.2) is 8.78 Å². The largest absolute Gasteiger partial charge is 0.527 e. The first-order valence-corrected chi connectivity index (χ1v) is 12.0. The number of ether oxygens (including phenoxy) is 1. The third kappa shape index (κ3) is 14.0. The van der Waals surface area contributed by atoms with Gasteiger partial charge in [0.25, 0.3) is 0 Å². The van der Waals surface area contributed by atoms with Gasteiger partial charge < -0.3 is 27.2 Å². The number of carbonyl (C=O) groups excluding carboxylic acids is 1. The number of unbranched alkanes of at least 4 members (excludes halogenated alkanes) is 1. The zero-order chi connectivity index (χ0) is 24.7. The van der Waals surface area contributed by atoms with Crippen molar-refractivity contribution in [2.75, 3.05) is 26.2 Å². The molecule has 1 heterocycles. The monoisotopic (exact) mass is 671 g/mol. The summed E-state index contributed by atoms with van der Waals surface area (Å²) in [6, 6.07) is 25.2. The average molecular weight is 671 g/mol. The van der Waals surface area contributed by atoms with E-state index in [1.807, 2.05) is 30.3 Å². The van der Waals surface area contributed by atoms with Crippen LogP contribution in [0.3, 0.4) is 0 Å². The molecule has 3 aromatic rings. The number of nitrogens with zero attached hydrogens (tertiary/aromatic N) is 1. The van der Waals surface area contributed by atoms with Crippen molar-refractivity contribution >= 4 is 6.41 Å². The summed E-state index contributed by atoms with van der Waals surface area (Å²) >= 11 is 0. The minimum absolute atomic E-state index is 0. The van der Waals surface area contributed by atoms with Gasteiger partial charge in [0.15, 0.2) is 0 Å². The van der Waals surface area contributed by atoms with Crippen LogP contribution >= 0.6 is 0 Å². The van der Waals surface area contributed by atoms with Crippen LogP contribution in [0.25, 0.3) is 0 Å². The zero-order valence-corrected chi connectivity index (χ0v) is 27.7. The zero-order valence-electron chi connectivity index (χ0n) is 22.0. The van der Waals surface area contributed by atoms with Crippen LogP contribution in [0.1, 0.15) is 42.9 Å². The summed E-state index contributed by atoms with van der Waals surface area (Å²) in [5, 5.41) is 2.73. The van der Waals surface area contributed by atoms with Crippen molar-refractivity contribution in [1.29, 1.82) is 0 Å². The number of piperidine rings is 1. The maximum absolute atomic E-state index is 13.3. The summed E-state index contributed by atoms with van der Waals surface area (Å²) in [6.45, 7) is 3.53. The van der Waals surface area contributed by atoms with Crippen LogP contribution in [0.4, 0.5) is 8.78 Å². The molecule has 38 heavy (non-hydrogen) atoms. The van der Waals surface area contributed by atoms with E-state index in [0.717, 1.165) is 56.4 Å². The predicted octanol–water partition coefficient (Wildman–Crippen LogP) is 5.90. The van der Waals surface area contributed by atoms with Gasteiger partial charge in [0.1, 0.15) is 17.7 Å². The fourth-order valence-electron chi connectivity index (χ4n) is 4.02. The van der Waals surface area contributed by atoms with E-state index in [0.29, 0.717) is 6.61 Å². The summed E-state index contributed by atoms with van der Waals surface area (Å²) in [5.74, 6) is -0.590. The third-order valence-corrected chi connectivity index (χ3v) is 5.96. The standard InChI is InChI=1S/C23H27F2N2O2.C6H5.CH3.2Y/c24-20-7-3-18(4-8-20)23(19-5-9-21(25)10-6-19)29-16-2-1-13-27-14-11-22(12-15-27)26-17-28;1-2-4-6-5-3-1;;;/h3-10,22-23H,1-2,11-16H2,(H,26,28);1-5H;1H3;;/q3*-1;;. The van der Waals surface area contributed by atoms with Crippen LogP contribution in [0.5, 0.6) is 0 Å². The number of hydrogen-bond acceptors (Lipinski definition) is 3. The predicted molar refractivity (Wildman–Crippen MR) is 140 cm³/mol. The molecule has 1 fully saturated rings. The second kappa shape index (κ2) is 21.9. The molecular formula is C30H35F2N2O2Y2-3. The van der Waals surface area contributed by atoms with Crippen molar-refractivity contribution in [1.82, 2.24) is 10.2 Å². The van der Waals surface area contributed by atoms with E-state index < -0.39 is 0 Å². The van der Waals surface area contributed by atoms with Crippen molar-refractivity contribution in [2.24, 2.45) is 0 Å². The van der Waals surface area contributed by atoms with E-state index in [9.17, 15) is 13.6 Å². The molecule has 1 saturated heterocycles. The number of amides is 1. The van der Waals surface area contributed by atoms with Gasteiger partial charge in [-0.15, -0.1) is 0 Å². The molecule has 4 rings (SSSR count). The average Bonchev–Trinajstić information content (AvgIpc) is 2.90. The number of likely N-dealkylation sites (tertiary alicyclic amines) is 1. The van der Waals surface area contributed by atoms with Gasteiger partial charge in [-0.05, 0) is 86.8 Å². The minimum Gasteiger partial charge on any atom is -0.527 e. The molecule has 1 N–H and O–H groups in total. The number of hydrogen-bond donors (Lipinski definition) is 1. The van der Waals surface area contributed by atoms with Crippen LogP contribution in [0, 0.1) is 25.1 Å². The molecule has 1 amide bonds. The van der Waals surface area contributed by atoms with Gasteiger partial charge in [0, 0.05) is 72.0 Å². The fourth-order valence-corrected chi connectivity index (χ4v) is 4.02. The SMILES string of the molecule is O=[C-]NC1CCN(CCCCOC(c2ccc(F)cc2)c2ccc(F)cc2)CC1.[CH3-].[Y].[Y].[c-]1ccccc1. The molecule has 0 aliphatic carbocycles. The van der Waals surface area contributed by atoms with Gasteiger partial charge in [-0.2, -0.15) is 42.8 Å². The summed E-state index contributed by atoms with van der Waals surface area (Å²) in [5.41, 5.74) is 1.69. The van der Waals surface area contributed by atoms with Gasteiger partial charge in [0.2, 0.25) is 0 Å². The minimum atomic E-state index is -0.349. The maximum atomic E-state index is 13.3. The molecular weight excluding hydrogens is 636 g/mol. The maximum Gasteiger partial charge on any atom is 0.123 e. The van der Waals surface area contributed by atoms with Crippen LogP contribution in [-0.4, -0.2) is 43.6 Å². The summed E-state index contributed by atoms with van der Waals surface area (Å²) in [6.07, 6.45) is 5.27. The molecule has 0 saturated carbocycles. The van der Waals surface area contributed by atoms with Crippen molar-refractivity contribution in [3.05, 3.63) is 115 Å². The first-order valence-electron chi connectivity index (χ1n) is 12.0. The van der Waals surface area contributed by atoms with E-state index in [-0.39, 0.29) is 96.6 Å². The van der Waals surface area contributed by atoms with Crippen LogP contribution in [0.2, 0.25) is 0 Å². The Bertz CT molecular complexity index is 900. The Labute approximate surface area is 277 Å². The Balaban J connectivity index is 0.00000134. The normalized spacial score (nSPS) is 13.1. The molecule has 1 aliphatic heterocycles. The Morgan fingerprint density at radius 1 is 0.895 bits per heavy atom. The molecule has 0 unspecified atom stereocenters. The molecule has 0 atom stereocenters. The Morgan fingerprint density at radius 3 is 1.84 bits per heavy atom. The van der Waals surface area contributed by atoms with Crippen LogP contribution < -0.4 is 5.32 Å². The van der Waals surface area contributed by atoms with Crippen molar-refractivity contribution in [3.63, 3.8) is 0 Å². The summed E-state index contributed by atoms with van der Waals surface area (Å²) in [7, 11) is 0. The number of nitrogens with one attached hydrogen (secondary N) is 1. The van der Waals surface area contributed by atoms with E-state index in [1.165, 1.54) is 24.3 Å². The fraction of sp³-hybridized carbons (Fsp3) is 0.333. The van der Waals surface area contributed by atoms with Gasteiger partial charge in [-0.1, -0.05) is 24.3 Å². The van der Waals surface area contributed by atoms with Gasteiger partial charge in [-0.3, -0.25) is 0 Å². The molecule has 200 valence electrons. The van der Waals surface area contributed by atoms with Crippen LogP contribution in [0.15, 0.2) is 78.9 Å². The molecule has 1 aliphatic rings. The number of rotatable bonds is 10. The Morgan fingerprint density at radius 2 is 1.42 bits per heavy atom. The quantitative estimate of drug-likeness (QED) is 0.166. The summed E-state index contributed by atoms with van der Waals surface area (Å²) in [4.78, 5) is 12.8. The first-order chi connectivity index (χ1) is 17.2. The Kier molecular flexibility index (Phi) is 21.4. The van der Waals surface area contributed by atoms with E-state index in [1.54, 1.807) is 30.7 Å². The second-order valence-electron chi connectivity index (χ2n) is 8.50. The number of benzene rings is 3. The molecule has 4 nitrogen and oxygen atoms in total. The molecule has 0 spiro atoms. The van der Waals surface area contributed by atoms with E-state index >= 15 is 0 Å². The first kappa shape index (κ1) is 37.1. The smallest absolute Gasteiger partial charge is 0.123 e. The van der Waals surface area contributed by atoms with E-state index in [4.69, 9.17) is 4.74 Å².